The highest BCUT2D eigenvalue weighted by atomic mass is 79.9. The van der Waals surface area contributed by atoms with Gasteiger partial charge in [0.05, 0.1) is 19.3 Å². The number of benzene rings is 1. The fourth-order valence-corrected chi connectivity index (χ4v) is 2.92. The molecule has 1 atom stereocenters. The van der Waals surface area contributed by atoms with E-state index in [2.05, 4.69) is 21.2 Å². The molecule has 1 heterocycles. The summed E-state index contributed by atoms with van der Waals surface area (Å²) in [5, 5.41) is 13.1. The summed E-state index contributed by atoms with van der Waals surface area (Å²) >= 11 is 3.50. The molecule has 1 aliphatic rings. The van der Waals surface area contributed by atoms with E-state index in [-0.39, 0.29) is 0 Å². The minimum Gasteiger partial charge on any atom is -0.490 e. The highest BCUT2D eigenvalue weighted by molar-refractivity contribution is 9.10. The first-order valence-electron chi connectivity index (χ1n) is 6.06. The minimum atomic E-state index is -0.568. The van der Waals surface area contributed by atoms with Gasteiger partial charge in [-0.2, -0.15) is 0 Å². The maximum absolute atomic E-state index is 10.2. The van der Waals surface area contributed by atoms with Crippen LogP contribution in [0.5, 0.6) is 11.5 Å². The molecular weight excluding hydrogens is 298 g/mol. The molecule has 100 valence electrons. The van der Waals surface area contributed by atoms with Crippen LogP contribution in [0.1, 0.15) is 23.7 Å². The summed E-state index contributed by atoms with van der Waals surface area (Å²) in [7, 11) is 1.81. The lowest BCUT2D eigenvalue weighted by Crippen LogP contribution is -2.18. The third-order valence-corrected chi connectivity index (χ3v) is 3.66. The van der Waals surface area contributed by atoms with Gasteiger partial charge in [0.2, 0.25) is 0 Å². The maximum Gasteiger partial charge on any atom is 0.164 e. The van der Waals surface area contributed by atoms with E-state index in [1.165, 1.54) is 0 Å². The minimum absolute atomic E-state index is 0.499. The second-order valence-electron chi connectivity index (χ2n) is 4.35. The van der Waals surface area contributed by atoms with Crippen molar-refractivity contribution in [3.8, 4) is 11.5 Å². The van der Waals surface area contributed by atoms with Crippen LogP contribution in [0.3, 0.4) is 0 Å². The van der Waals surface area contributed by atoms with Crippen LogP contribution in [0.25, 0.3) is 0 Å². The third-order valence-electron chi connectivity index (χ3n) is 3.01. The van der Waals surface area contributed by atoms with E-state index in [9.17, 15) is 5.11 Å². The van der Waals surface area contributed by atoms with Crippen LogP contribution < -0.4 is 14.8 Å². The first-order chi connectivity index (χ1) is 8.65. The topological polar surface area (TPSA) is 50.7 Å². The molecule has 0 aliphatic carbocycles. The molecule has 1 aromatic rings. The second kappa shape index (κ2) is 5.91. The Hall–Kier alpha value is -0.780. The number of aliphatic hydroxyl groups is 1. The van der Waals surface area contributed by atoms with Crippen molar-refractivity contribution in [2.24, 2.45) is 0 Å². The van der Waals surface area contributed by atoms with Gasteiger partial charge in [0, 0.05) is 28.6 Å². The van der Waals surface area contributed by atoms with Gasteiger partial charge in [0.25, 0.3) is 0 Å². The zero-order valence-corrected chi connectivity index (χ0v) is 12.2. The summed E-state index contributed by atoms with van der Waals surface area (Å²) in [6.07, 6.45) is 0.307. The summed E-state index contributed by atoms with van der Waals surface area (Å²) < 4.78 is 12.2. The van der Waals surface area contributed by atoms with Gasteiger partial charge >= 0.3 is 0 Å². The molecule has 0 bridgehead atoms. The molecule has 18 heavy (non-hydrogen) atoms. The van der Waals surface area contributed by atoms with Crippen molar-refractivity contribution in [1.82, 2.24) is 5.32 Å². The van der Waals surface area contributed by atoms with Crippen LogP contribution in [0.4, 0.5) is 0 Å². The lowest BCUT2D eigenvalue weighted by Gasteiger charge is -2.19. The van der Waals surface area contributed by atoms with Crippen LogP contribution in [-0.4, -0.2) is 31.9 Å². The van der Waals surface area contributed by atoms with Crippen LogP contribution in [0, 0.1) is 6.92 Å². The van der Waals surface area contributed by atoms with Gasteiger partial charge in [-0.25, -0.2) is 0 Å². The summed E-state index contributed by atoms with van der Waals surface area (Å²) in [5.74, 6) is 1.50. The average molecular weight is 316 g/mol. The van der Waals surface area contributed by atoms with E-state index >= 15 is 0 Å². The fourth-order valence-electron chi connectivity index (χ4n) is 2.15. The van der Waals surface area contributed by atoms with E-state index in [1.54, 1.807) is 0 Å². The SMILES string of the molecule is CNCC(O)c1c(Br)cc2c(c1C)OCCCO2. The normalized spacial score (nSPS) is 16.2. The van der Waals surface area contributed by atoms with E-state index in [0.717, 1.165) is 33.5 Å². The van der Waals surface area contributed by atoms with Gasteiger partial charge in [-0.1, -0.05) is 15.9 Å². The standard InChI is InChI=1S/C13H18BrNO3/c1-8-12(10(16)7-15-2)9(14)6-11-13(8)18-5-3-4-17-11/h6,10,15-16H,3-5,7H2,1-2H3. The number of ether oxygens (including phenoxy) is 2. The van der Waals surface area contributed by atoms with E-state index in [4.69, 9.17) is 9.47 Å². The Balaban J connectivity index is 2.45. The van der Waals surface area contributed by atoms with Gasteiger partial charge in [-0.05, 0) is 20.0 Å². The van der Waals surface area contributed by atoms with Gasteiger partial charge in [-0.15, -0.1) is 0 Å². The summed E-state index contributed by atoms with van der Waals surface area (Å²) in [4.78, 5) is 0. The molecule has 2 N–H and O–H groups in total. The van der Waals surface area contributed by atoms with Crippen molar-refractivity contribution < 1.29 is 14.6 Å². The summed E-state index contributed by atoms with van der Waals surface area (Å²) in [5.41, 5.74) is 1.79. The van der Waals surface area contributed by atoms with Gasteiger partial charge in [0.15, 0.2) is 11.5 Å². The van der Waals surface area contributed by atoms with Crippen molar-refractivity contribution >= 4 is 15.9 Å². The number of rotatable bonds is 3. The average Bonchev–Trinajstić information content (AvgIpc) is 2.54. The van der Waals surface area contributed by atoms with Crippen LogP contribution >= 0.6 is 15.9 Å². The molecule has 4 nitrogen and oxygen atoms in total. The van der Waals surface area contributed by atoms with Gasteiger partial charge < -0.3 is 19.9 Å². The third kappa shape index (κ3) is 2.63. The largest absolute Gasteiger partial charge is 0.490 e. The first kappa shape index (κ1) is 13.6. The summed E-state index contributed by atoms with van der Waals surface area (Å²) in [6.45, 7) is 3.76. The Bertz CT molecular complexity index is 437. The number of hydrogen-bond donors (Lipinski definition) is 2. The maximum atomic E-state index is 10.2. The monoisotopic (exact) mass is 315 g/mol. The lowest BCUT2D eigenvalue weighted by atomic mass is 10.0. The first-order valence-corrected chi connectivity index (χ1v) is 6.85. The molecule has 5 heteroatoms. The highest BCUT2D eigenvalue weighted by Gasteiger charge is 2.22. The molecule has 1 unspecified atom stereocenters. The molecule has 0 aromatic heterocycles. The Labute approximate surface area is 115 Å². The lowest BCUT2D eigenvalue weighted by molar-refractivity contribution is 0.175. The zero-order chi connectivity index (χ0) is 13.1. The van der Waals surface area contributed by atoms with Crippen LogP contribution in [-0.2, 0) is 0 Å². The Morgan fingerprint density at radius 3 is 2.89 bits per heavy atom. The molecule has 0 spiro atoms. The van der Waals surface area contributed by atoms with Crippen molar-refractivity contribution in [3.63, 3.8) is 0 Å². The highest BCUT2D eigenvalue weighted by Crippen LogP contribution is 2.41. The smallest absolute Gasteiger partial charge is 0.164 e. The molecule has 0 radical (unpaired) electrons. The van der Waals surface area contributed by atoms with Crippen molar-refractivity contribution in [1.29, 1.82) is 0 Å². The predicted molar refractivity (Wildman–Crippen MR) is 73.4 cm³/mol. The van der Waals surface area contributed by atoms with Crippen molar-refractivity contribution in [2.45, 2.75) is 19.4 Å². The molecular formula is C13H18BrNO3. The van der Waals surface area contributed by atoms with Crippen molar-refractivity contribution in [3.05, 3.63) is 21.7 Å². The molecule has 0 saturated heterocycles. The molecule has 1 aliphatic heterocycles. The van der Waals surface area contributed by atoms with Gasteiger partial charge in [-0.3, -0.25) is 0 Å². The number of likely N-dealkylation sites (N-methyl/N-ethyl adjacent to an activating group) is 1. The number of hydrogen-bond acceptors (Lipinski definition) is 4. The summed E-state index contributed by atoms with van der Waals surface area (Å²) in [6, 6.07) is 1.88. The zero-order valence-electron chi connectivity index (χ0n) is 10.6. The van der Waals surface area contributed by atoms with E-state index < -0.39 is 6.10 Å². The Kier molecular flexibility index (Phi) is 4.48. The second-order valence-corrected chi connectivity index (χ2v) is 5.20. The molecule has 0 amide bonds. The number of fused-ring (bicyclic) bond motifs is 1. The molecule has 1 aromatic carbocycles. The Morgan fingerprint density at radius 2 is 2.17 bits per heavy atom. The van der Waals surface area contributed by atoms with Crippen LogP contribution in [0.15, 0.2) is 10.5 Å². The number of nitrogens with one attached hydrogen (secondary N) is 1. The fraction of sp³-hybridized carbons (Fsp3) is 0.538. The predicted octanol–water partition coefficient (Wildman–Crippen LogP) is 2.17. The molecule has 0 fully saturated rings. The number of aliphatic hydroxyl groups excluding tert-OH is 1. The van der Waals surface area contributed by atoms with Gasteiger partial charge in [0.1, 0.15) is 0 Å². The Morgan fingerprint density at radius 1 is 1.44 bits per heavy atom. The quantitative estimate of drug-likeness (QED) is 0.897. The van der Waals surface area contributed by atoms with Crippen molar-refractivity contribution in [2.75, 3.05) is 26.8 Å². The number of halogens is 1. The van der Waals surface area contributed by atoms with Crippen LogP contribution in [0.2, 0.25) is 0 Å². The molecule has 2 rings (SSSR count). The van der Waals surface area contributed by atoms with E-state index in [0.29, 0.717) is 19.8 Å². The van der Waals surface area contributed by atoms with E-state index in [1.807, 2.05) is 20.0 Å². The molecule has 0 saturated carbocycles.